The normalized spacial score (nSPS) is 10.2. The van der Waals surface area contributed by atoms with Crippen LogP contribution in [0.5, 0.6) is 0 Å². The second-order valence-electron chi connectivity index (χ2n) is 3.20. The molecule has 2 aromatic heterocycles. The summed E-state index contributed by atoms with van der Waals surface area (Å²) in [5, 5.41) is 15.2. The van der Waals surface area contributed by atoms with E-state index in [2.05, 4.69) is 20.0 Å². The Bertz CT molecular complexity index is 528. The summed E-state index contributed by atoms with van der Waals surface area (Å²) in [6, 6.07) is 2.53. The maximum Gasteiger partial charge on any atom is 0.339 e. The fourth-order valence-electron chi connectivity index (χ4n) is 1.25. The summed E-state index contributed by atoms with van der Waals surface area (Å²) < 4.78 is 17.5. The molecule has 0 radical (unpaired) electrons. The lowest BCUT2D eigenvalue weighted by Crippen LogP contribution is -2.09. The van der Waals surface area contributed by atoms with E-state index in [0.717, 1.165) is 12.3 Å². The van der Waals surface area contributed by atoms with Crippen LogP contribution in [0.1, 0.15) is 16.1 Å². The lowest BCUT2D eigenvalue weighted by molar-refractivity contribution is 0.0697. The number of hydrogen-bond acceptors (Lipinski definition) is 5. The number of carboxylic acids is 1. The third-order valence-electron chi connectivity index (χ3n) is 2.01. The zero-order chi connectivity index (χ0) is 12.3. The summed E-state index contributed by atoms with van der Waals surface area (Å²) in [6.07, 6.45) is 2.34. The van der Waals surface area contributed by atoms with Gasteiger partial charge in [-0.1, -0.05) is 5.16 Å². The number of nitrogens with one attached hydrogen (secondary N) is 1. The zero-order valence-electron chi connectivity index (χ0n) is 8.55. The van der Waals surface area contributed by atoms with Gasteiger partial charge in [0.05, 0.1) is 12.7 Å². The number of halogens is 1. The van der Waals surface area contributed by atoms with Crippen molar-refractivity contribution in [1.29, 1.82) is 0 Å². The van der Waals surface area contributed by atoms with Crippen molar-refractivity contribution >= 4 is 11.8 Å². The van der Waals surface area contributed by atoms with Crippen LogP contribution in [-0.2, 0) is 6.54 Å². The predicted molar refractivity (Wildman–Crippen MR) is 55.0 cm³/mol. The monoisotopic (exact) mass is 237 g/mol. The Labute approximate surface area is 95.1 Å². The minimum absolute atomic E-state index is 0.0851. The Morgan fingerprint density at radius 1 is 1.59 bits per heavy atom. The fourth-order valence-corrected chi connectivity index (χ4v) is 1.25. The molecule has 0 saturated carbocycles. The van der Waals surface area contributed by atoms with Crippen LogP contribution in [0.3, 0.4) is 0 Å². The number of pyridine rings is 1. The fraction of sp³-hybridized carbons (Fsp3) is 0.100. The van der Waals surface area contributed by atoms with Crippen molar-refractivity contribution in [2.75, 3.05) is 5.32 Å². The first kappa shape index (κ1) is 11.1. The molecule has 2 N–H and O–H groups in total. The van der Waals surface area contributed by atoms with Crippen molar-refractivity contribution in [3.05, 3.63) is 41.7 Å². The van der Waals surface area contributed by atoms with Gasteiger partial charge < -0.3 is 14.9 Å². The standard InChI is InChI=1S/C10H8FN3O3/c11-6-3-8(10(15)16)9(12-4-6)13-5-7-1-2-17-14-7/h1-4H,5H2,(H,12,13)(H,15,16). The molecule has 0 fully saturated rings. The van der Waals surface area contributed by atoms with Gasteiger partial charge in [-0.05, 0) is 6.07 Å². The SMILES string of the molecule is O=C(O)c1cc(F)cnc1NCc1ccon1. The van der Waals surface area contributed by atoms with Crippen molar-refractivity contribution in [3.8, 4) is 0 Å². The smallest absolute Gasteiger partial charge is 0.339 e. The lowest BCUT2D eigenvalue weighted by Gasteiger charge is -2.06. The molecule has 2 rings (SSSR count). The summed E-state index contributed by atoms with van der Waals surface area (Å²) in [5.41, 5.74) is 0.362. The molecule has 0 bridgehead atoms. The van der Waals surface area contributed by atoms with Crippen molar-refractivity contribution in [1.82, 2.24) is 10.1 Å². The molecule has 6 nitrogen and oxygen atoms in total. The highest BCUT2D eigenvalue weighted by atomic mass is 19.1. The third kappa shape index (κ3) is 2.57. The van der Waals surface area contributed by atoms with Crippen molar-refractivity contribution in [3.63, 3.8) is 0 Å². The van der Waals surface area contributed by atoms with Gasteiger partial charge in [-0.25, -0.2) is 14.2 Å². The zero-order valence-corrected chi connectivity index (χ0v) is 8.55. The molecule has 0 aromatic carbocycles. The van der Waals surface area contributed by atoms with Gasteiger partial charge in [-0.2, -0.15) is 0 Å². The second kappa shape index (κ2) is 4.60. The molecule has 0 spiro atoms. The number of carbonyl (C=O) groups is 1. The van der Waals surface area contributed by atoms with Crippen LogP contribution in [0.15, 0.2) is 29.1 Å². The van der Waals surface area contributed by atoms with E-state index < -0.39 is 11.8 Å². The molecule has 0 atom stereocenters. The maximum atomic E-state index is 12.8. The predicted octanol–water partition coefficient (Wildman–Crippen LogP) is 1.52. The van der Waals surface area contributed by atoms with E-state index in [-0.39, 0.29) is 17.9 Å². The van der Waals surface area contributed by atoms with E-state index in [9.17, 15) is 9.18 Å². The molecule has 0 aliphatic carbocycles. The molecule has 0 aliphatic heterocycles. The molecule has 0 saturated heterocycles. The Balaban J connectivity index is 2.17. The number of rotatable bonds is 4. The highest BCUT2D eigenvalue weighted by molar-refractivity contribution is 5.93. The van der Waals surface area contributed by atoms with Crippen LogP contribution in [-0.4, -0.2) is 21.2 Å². The molecule has 0 unspecified atom stereocenters. The molecular weight excluding hydrogens is 229 g/mol. The first-order valence-corrected chi connectivity index (χ1v) is 4.69. The summed E-state index contributed by atoms with van der Waals surface area (Å²) in [6.45, 7) is 0.245. The first-order chi connectivity index (χ1) is 8.16. The van der Waals surface area contributed by atoms with Gasteiger partial charge in [0, 0.05) is 6.07 Å². The molecule has 0 aliphatic rings. The molecule has 2 aromatic rings. The van der Waals surface area contributed by atoms with E-state index >= 15 is 0 Å². The molecule has 17 heavy (non-hydrogen) atoms. The van der Waals surface area contributed by atoms with E-state index in [1.54, 1.807) is 6.07 Å². The highest BCUT2D eigenvalue weighted by Crippen LogP contribution is 2.14. The van der Waals surface area contributed by atoms with E-state index in [0.29, 0.717) is 5.69 Å². The number of aromatic nitrogens is 2. The summed E-state index contributed by atoms with van der Waals surface area (Å²) in [5.74, 6) is -1.86. The van der Waals surface area contributed by atoms with Gasteiger partial charge in [-0.3, -0.25) is 0 Å². The minimum Gasteiger partial charge on any atom is -0.478 e. The Morgan fingerprint density at radius 3 is 3.06 bits per heavy atom. The Hall–Kier alpha value is -2.44. The number of aromatic carboxylic acids is 1. The average Bonchev–Trinajstić information content (AvgIpc) is 2.80. The van der Waals surface area contributed by atoms with Gasteiger partial charge in [0.1, 0.15) is 29.2 Å². The van der Waals surface area contributed by atoms with Crippen LogP contribution < -0.4 is 5.32 Å². The van der Waals surface area contributed by atoms with Crippen LogP contribution in [0.2, 0.25) is 0 Å². The highest BCUT2D eigenvalue weighted by Gasteiger charge is 2.12. The van der Waals surface area contributed by atoms with Gasteiger partial charge in [0.15, 0.2) is 0 Å². The maximum absolute atomic E-state index is 12.8. The Morgan fingerprint density at radius 2 is 2.41 bits per heavy atom. The topological polar surface area (TPSA) is 88.2 Å². The van der Waals surface area contributed by atoms with Gasteiger partial charge in [-0.15, -0.1) is 0 Å². The second-order valence-corrected chi connectivity index (χ2v) is 3.20. The van der Waals surface area contributed by atoms with Crippen LogP contribution in [0.4, 0.5) is 10.2 Å². The van der Waals surface area contributed by atoms with E-state index in [1.807, 2.05) is 0 Å². The van der Waals surface area contributed by atoms with Crippen molar-refractivity contribution in [2.45, 2.75) is 6.54 Å². The molecule has 2 heterocycles. The van der Waals surface area contributed by atoms with Gasteiger partial charge in [0.2, 0.25) is 0 Å². The molecule has 0 amide bonds. The third-order valence-corrected chi connectivity index (χ3v) is 2.01. The quantitative estimate of drug-likeness (QED) is 0.838. The number of hydrogen-bond donors (Lipinski definition) is 2. The lowest BCUT2D eigenvalue weighted by atomic mass is 10.2. The van der Waals surface area contributed by atoms with E-state index in [1.165, 1.54) is 6.26 Å². The van der Waals surface area contributed by atoms with Crippen molar-refractivity contribution in [2.24, 2.45) is 0 Å². The number of nitrogens with zero attached hydrogens (tertiary/aromatic N) is 2. The minimum atomic E-state index is -1.25. The van der Waals surface area contributed by atoms with Gasteiger partial charge in [0.25, 0.3) is 0 Å². The molecular formula is C10H8FN3O3. The molecule has 7 heteroatoms. The van der Waals surface area contributed by atoms with Crippen LogP contribution in [0, 0.1) is 5.82 Å². The van der Waals surface area contributed by atoms with E-state index in [4.69, 9.17) is 5.11 Å². The summed E-state index contributed by atoms with van der Waals surface area (Å²) in [7, 11) is 0. The van der Waals surface area contributed by atoms with Crippen LogP contribution in [0.25, 0.3) is 0 Å². The number of anilines is 1. The first-order valence-electron chi connectivity index (χ1n) is 4.69. The number of carboxylic acid groups (broad SMARTS) is 1. The average molecular weight is 237 g/mol. The Kier molecular flexibility index (Phi) is 2.99. The molecule has 88 valence electrons. The van der Waals surface area contributed by atoms with Gasteiger partial charge >= 0.3 is 5.97 Å². The van der Waals surface area contributed by atoms with Crippen LogP contribution >= 0.6 is 0 Å². The van der Waals surface area contributed by atoms with Crippen molar-refractivity contribution < 1.29 is 18.8 Å². The largest absolute Gasteiger partial charge is 0.478 e. The summed E-state index contributed by atoms with van der Waals surface area (Å²) >= 11 is 0. The summed E-state index contributed by atoms with van der Waals surface area (Å²) in [4.78, 5) is 14.5.